The molecule has 0 aliphatic rings. The van der Waals surface area contributed by atoms with E-state index in [2.05, 4.69) is 46.2 Å². The van der Waals surface area contributed by atoms with Gasteiger partial charge in [0.1, 0.15) is 13.6 Å². The Kier molecular flexibility index (Phi) is 5.10. The minimum absolute atomic E-state index is 0.302. The first-order valence-electron chi connectivity index (χ1n) is 8.79. The van der Waals surface area contributed by atoms with Crippen LogP contribution in [0.5, 0.6) is 0 Å². The molecular formula is C20H22N4O2Si. The van der Waals surface area contributed by atoms with Crippen LogP contribution in [0.25, 0.3) is 16.9 Å². The highest BCUT2D eigenvalue weighted by Crippen LogP contribution is 2.21. The summed E-state index contributed by atoms with van der Waals surface area (Å²) in [5, 5.41) is 4.25. The monoisotopic (exact) mass is 378 g/mol. The largest absolute Gasteiger partial charge is 0.462 e. The molecule has 0 saturated heterocycles. The maximum absolute atomic E-state index is 12.2. The molecule has 6 nitrogen and oxygen atoms in total. The molecular weight excluding hydrogens is 356 g/mol. The van der Waals surface area contributed by atoms with Gasteiger partial charge in [0, 0.05) is 29.2 Å². The fourth-order valence-electron chi connectivity index (χ4n) is 2.52. The van der Waals surface area contributed by atoms with Gasteiger partial charge in [-0.25, -0.2) is 14.3 Å². The molecule has 3 aromatic heterocycles. The SMILES string of the molecule is CCOC(=O)c1cnn2c(C)cc(-c3cncc(C#C[Si](C)(C)C)c3)nc12. The van der Waals surface area contributed by atoms with Gasteiger partial charge < -0.3 is 4.74 Å². The number of aryl methyl sites for hydroxylation is 1. The van der Waals surface area contributed by atoms with Crippen molar-refractivity contribution < 1.29 is 9.53 Å². The summed E-state index contributed by atoms with van der Waals surface area (Å²) in [5.41, 5.74) is 7.45. The van der Waals surface area contributed by atoms with Crippen LogP contribution in [-0.4, -0.2) is 40.2 Å². The normalized spacial score (nSPS) is 11.1. The Morgan fingerprint density at radius 2 is 2.00 bits per heavy atom. The molecule has 0 aliphatic carbocycles. The minimum Gasteiger partial charge on any atom is -0.462 e. The van der Waals surface area contributed by atoms with Crippen molar-refractivity contribution in [2.75, 3.05) is 6.61 Å². The molecule has 3 aromatic rings. The zero-order valence-corrected chi connectivity index (χ0v) is 17.2. The molecule has 0 amide bonds. The summed E-state index contributed by atoms with van der Waals surface area (Å²) < 4.78 is 6.74. The summed E-state index contributed by atoms with van der Waals surface area (Å²) >= 11 is 0. The van der Waals surface area contributed by atoms with Crippen molar-refractivity contribution >= 4 is 19.7 Å². The molecule has 138 valence electrons. The van der Waals surface area contributed by atoms with Gasteiger partial charge in [0.15, 0.2) is 5.65 Å². The van der Waals surface area contributed by atoms with E-state index in [0.29, 0.717) is 17.8 Å². The molecule has 0 N–H and O–H groups in total. The van der Waals surface area contributed by atoms with Crippen molar-refractivity contribution in [1.29, 1.82) is 0 Å². The van der Waals surface area contributed by atoms with E-state index in [-0.39, 0.29) is 0 Å². The number of carbonyl (C=O) groups is 1. The van der Waals surface area contributed by atoms with Crippen LogP contribution in [0.2, 0.25) is 19.6 Å². The van der Waals surface area contributed by atoms with E-state index < -0.39 is 14.0 Å². The predicted octanol–water partition coefficient (Wildman–Crippen LogP) is 3.51. The van der Waals surface area contributed by atoms with E-state index in [1.807, 2.05) is 19.1 Å². The van der Waals surface area contributed by atoms with Gasteiger partial charge >= 0.3 is 5.97 Å². The fourth-order valence-corrected chi connectivity index (χ4v) is 3.04. The van der Waals surface area contributed by atoms with Crippen LogP contribution in [0.4, 0.5) is 0 Å². The minimum atomic E-state index is -1.47. The van der Waals surface area contributed by atoms with Gasteiger partial charge in [-0.15, -0.1) is 5.54 Å². The third kappa shape index (κ3) is 4.23. The smallest absolute Gasteiger partial charge is 0.343 e. The van der Waals surface area contributed by atoms with E-state index in [0.717, 1.165) is 22.5 Å². The quantitative estimate of drug-likeness (QED) is 0.396. The molecule has 27 heavy (non-hydrogen) atoms. The molecule has 0 bridgehead atoms. The Bertz CT molecular complexity index is 1070. The van der Waals surface area contributed by atoms with Gasteiger partial charge in [0.2, 0.25) is 0 Å². The number of rotatable bonds is 3. The predicted molar refractivity (Wildman–Crippen MR) is 107 cm³/mol. The number of ether oxygens (including phenoxy) is 1. The van der Waals surface area contributed by atoms with Crippen LogP contribution in [0, 0.1) is 18.4 Å². The van der Waals surface area contributed by atoms with E-state index in [1.54, 1.807) is 23.8 Å². The zero-order valence-electron chi connectivity index (χ0n) is 16.2. The van der Waals surface area contributed by atoms with Crippen LogP contribution >= 0.6 is 0 Å². The number of hydrogen-bond acceptors (Lipinski definition) is 5. The molecule has 0 unspecified atom stereocenters. The molecule has 3 rings (SSSR count). The molecule has 0 aromatic carbocycles. The van der Waals surface area contributed by atoms with Crippen molar-refractivity contribution in [3.8, 4) is 22.7 Å². The highest BCUT2D eigenvalue weighted by atomic mass is 28.3. The highest BCUT2D eigenvalue weighted by Gasteiger charge is 2.17. The Morgan fingerprint density at radius 1 is 1.22 bits per heavy atom. The van der Waals surface area contributed by atoms with Crippen molar-refractivity contribution in [2.45, 2.75) is 33.5 Å². The lowest BCUT2D eigenvalue weighted by Gasteiger charge is -2.07. The number of esters is 1. The fraction of sp³-hybridized carbons (Fsp3) is 0.300. The molecule has 3 heterocycles. The van der Waals surface area contributed by atoms with E-state index in [9.17, 15) is 4.79 Å². The van der Waals surface area contributed by atoms with Crippen LogP contribution in [-0.2, 0) is 4.74 Å². The van der Waals surface area contributed by atoms with Gasteiger partial charge in [-0.1, -0.05) is 25.6 Å². The average molecular weight is 379 g/mol. The first-order chi connectivity index (χ1) is 12.8. The second-order valence-corrected chi connectivity index (χ2v) is 12.0. The van der Waals surface area contributed by atoms with Crippen molar-refractivity contribution in [1.82, 2.24) is 19.6 Å². The summed E-state index contributed by atoms with van der Waals surface area (Å²) in [4.78, 5) is 21.1. The maximum Gasteiger partial charge on any atom is 0.343 e. The number of aromatic nitrogens is 4. The molecule has 7 heteroatoms. The highest BCUT2D eigenvalue weighted by molar-refractivity contribution is 6.83. The standard InChI is InChI=1S/C20H22N4O2Si/c1-6-26-20(25)17-13-22-24-14(2)9-18(23-19(17)24)16-10-15(11-21-12-16)7-8-27(3,4)5/h9-13H,6H2,1-5H3. The Hall–Kier alpha value is -2.98. The van der Waals surface area contributed by atoms with Gasteiger partial charge in [-0.3, -0.25) is 4.98 Å². The summed E-state index contributed by atoms with van der Waals surface area (Å²) in [5.74, 6) is 2.79. The lowest BCUT2D eigenvalue weighted by atomic mass is 10.1. The van der Waals surface area contributed by atoms with Crippen LogP contribution in [0.15, 0.2) is 30.7 Å². The molecule has 0 saturated carbocycles. The van der Waals surface area contributed by atoms with E-state index in [4.69, 9.17) is 4.74 Å². The first kappa shape index (κ1) is 18.8. The maximum atomic E-state index is 12.2. The van der Waals surface area contributed by atoms with E-state index >= 15 is 0 Å². The van der Waals surface area contributed by atoms with Gasteiger partial charge in [-0.05, 0) is 26.0 Å². The molecule has 0 radical (unpaired) electrons. The molecule has 0 aliphatic heterocycles. The van der Waals surface area contributed by atoms with Crippen molar-refractivity contribution in [3.05, 3.63) is 47.5 Å². The van der Waals surface area contributed by atoms with Crippen LogP contribution in [0.3, 0.4) is 0 Å². The van der Waals surface area contributed by atoms with Crippen molar-refractivity contribution in [2.24, 2.45) is 0 Å². The third-order valence-electron chi connectivity index (χ3n) is 3.76. The van der Waals surface area contributed by atoms with Crippen molar-refractivity contribution in [3.63, 3.8) is 0 Å². The Balaban J connectivity index is 2.08. The summed E-state index contributed by atoms with van der Waals surface area (Å²) in [6, 6.07) is 3.89. The third-order valence-corrected chi connectivity index (χ3v) is 4.64. The van der Waals surface area contributed by atoms with Crippen LogP contribution < -0.4 is 0 Å². The number of pyridine rings is 1. The summed E-state index contributed by atoms with van der Waals surface area (Å²) in [6.07, 6.45) is 4.99. The van der Waals surface area contributed by atoms with Crippen LogP contribution in [0.1, 0.15) is 28.5 Å². The number of nitrogens with zero attached hydrogens (tertiary/aromatic N) is 4. The Morgan fingerprint density at radius 3 is 2.70 bits per heavy atom. The number of hydrogen-bond donors (Lipinski definition) is 0. The Labute approximate surface area is 159 Å². The van der Waals surface area contributed by atoms with Gasteiger partial charge in [-0.2, -0.15) is 5.10 Å². The lowest BCUT2D eigenvalue weighted by molar-refractivity contribution is 0.0528. The molecule has 0 atom stereocenters. The topological polar surface area (TPSA) is 69.4 Å². The zero-order chi connectivity index (χ0) is 19.6. The second kappa shape index (κ2) is 7.33. The molecule has 0 spiro atoms. The summed E-state index contributed by atoms with van der Waals surface area (Å²) in [7, 11) is -1.47. The molecule has 0 fully saturated rings. The van der Waals surface area contributed by atoms with Gasteiger partial charge in [0.25, 0.3) is 0 Å². The van der Waals surface area contributed by atoms with E-state index in [1.165, 1.54) is 6.20 Å². The van der Waals surface area contributed by atoms with Gasteiger partial charge in [0.05, 0.1) is 18.5 Å². The summed E-state index contributed by atoms with van der Waals surface area (Å²) in [6.45, 7) is 10.6. The lowest BCUT2D eigenvalue weighted by Crippen LogP contribution is -2.16. The first-order valence-corrected chi connectivity index (χ1v) is 12.3. The second-order valence-electron chi connectivity index (χ2n) is 7.26. The number of fused-ring (bicyclic) bond motifs is 1. The number of carbonyl (C=O) groups excluding carboxylic acids is 1. The average Bonchev–Trinajstić information content (AvgIpc) is 3.04.